The Balaban J connectivity index is 1.99. The topological polar surface area (TPSA) is 21.3 Å². The molecule has 0 aliphatic carbocycles. The Bertz CT molecular complexity index is 304. The van der Waals surface area contributed by atoms with E-state index in [9.17, 15) is 4.39 Å². The fraction of sp³-hybridized carbons (Fsp3) is 0.571. The molecule has 0 saturated carbocycles. The molecule has 0 unspecified atom stereocenters. The molecule has 96 valence electrons. The predicted molar refractivity (Wildman–Crippen MR) is 68.5 cm³/mol. The smallest absolute Gasteiger partial charge is 0.128 e. The number of halogens is 1. The van der Waals surface area contributed by atoms with Gasteiger partial charge in [-0.3, -0.25) is 0 Å². The highest BCUT2D eigenvalue weighted by Crippen LogP contribution is 2.07. The minimum absolute atomic E-state index is 0.183. The fourth-order valence-corrected chi connectivity index (χ4v) is 1.55. The summed E-state index contributed by atoms with van der Waals surface area (Å²) in [7, 11) is 0. The molecular weight excluding hydrogens is 217 g/mol. The zero-order valence-corrected chi connectivity index (χ0v) is 10.5. The first kappa shape index (κ1) is 14.1. The second-order valence-corrected chi connectivity index (χ2v) is 4.10. The zero-order valence-electron chi connectivity index (χ0n) is 10.5. The van der Waals surface area contributed by atoms with Crippen LogP contribution in [0.2, 0.25) is 0 Å². The van der Waals surface area contributed by atoms with E-state index in [1.54, 1.807) is 12.1 Å². The first-order chi connectivity index (χ1) is 8.34. The molecule has 1 rings (SSSR count). The van der Waals surface area contributed by atoms with Crippen LogP contribution < -0.4 is 5.32 Å². The largest absolute Gasteiger partial charge is 0.377 e. The van der Waals surface area contributed by atoms with E-state index in [2.05, 4.69) is 12.2 Å². The number of ether oxygens (including phenoxy) is 1. The van der Waals surface area contributed by atoms with Gasteiger partial charge in [0.25, 0.3) is 0 Å². The summed E-state index contributed by atoms with van der Waals surface area (Å²) in [5, 5.41) is 3.34. The van der Waals surface area contributed by atoms with Crippen molar-refractivity contribution in [1.29, 1.82) is 0 Å². The van der Waals surface area contributed by atoms with Crippen LogP contribution in [-0.4, -0.2) is 19.7 Å². The van der Waals surface area contributed by atoms with Gasteiger partial charge in [-0.2, -0.15) is 0 Å². The maximum Gasteiger partial charge on any atom is 0.128 e. The summed E-state index contributed by atoms with van der Waals surface area (Å²) in [6.07, 6.45) is 3.30. The molecular formula is C14H22FNO. The lowest BCUT2D eigenvalue weighted by Crippen LogP contribution is -2.16. The van der Waals surface area contributed by atoms with Crippen LogP contribution in [0.4, 0.5) is 4.39 Å². The van der Waals surface area contributed by atoms with E-state index in [4.69, 9.17) is 4.74 Å². The number of benzene rings is 1. The lowest BCUT2D eigenvalue weighted by Gasteiger charge is -2.06. The van der Waals surface area contributed by atoms with E-state index in [1.807, 2.05) is 6.07 Å². The average molecular weight is 239 g/mol. The number of nitrogens with one attached hydrogen (secondary N) is 1. The van der Waals surface area contributed by atoms with Crippen molar-refractivity contribution >= 4 is 0 Å². The van der Waals surface area contributed by atoms with Crippen LogP contribution in [0.25, 0.3) is 0 Å². The van der Waals surface area contributed by atoms with E-state index >= 15 is 0 Å². The number of unbranched alkanes of at least 4 members (excludes halogenated alkanes) is 1. The van der Waals surface area contributed by atoms with E-state index in [0.29, 0.717) is 18.8 Å². The van der Waals surface area contributed by atoms with Crippen LogP contribution >= 0.6 is 0 Å². The molecule has 0 bridgehead atoms. The number of hydrogen-bond donors (Lipinski definition) is 1. The lowest BCUT2D eigenvalue weighted by molar-refractivity contribution is 0.115. The highest BCUT2D eigenvalue weighted by Gasteiger charge is 1.99. The van der Waals surface area contributed by atoms with Crippen LogP contribution in [0, 0.1) is 5.82 Å². The summed E-state index contributed by atoms with van der Waals surface area (Å²) in [4.78, 5) is 0. The Hall–Kier alpha value is -0.930. The Labute approximate surface area is 103 Å². The van der Waals surface area contributed by atoms with Gasteiger partial charge in [-0.25, -0.2) is 4.39 Å². The fourth-order valence-electron chi connectivity index (χ4n) is 1.55. The SMILES string of the molecule is CCCNCCCCOCc1ccccc1F. The van der Waals surface area contributed by atoms with E-state index in [1.165, 1.54) is 12.5 Å². The molecule has 0 fully saturated rings. The van der Waals surface area contributed by atoms with E-state index in [-0.39, 0.29) is 5.82 Å². The van der Waals surface area contributed by atoms with Gasteiger partial charge in [0, 0.05) is 12.2 Å². The number of hydrogen-bond acceptors (Lipinski definition) is 2. The second-order valence-electron chi connectivity index (χ2n) is 4.10. The first-order valence-corrected chi connectivity index (χ1v) is 6.36. The van der Waals surface area contributed by atoms with Crippen LogP contribution in [0.3, 0.4) is 0 Å². The predicted octanol–water partition coefficient (Wildman–Crippen LogP) is 3.12. The Kier molecular flexibility index (Phi) is 7.60. The normalized spacial score (nSPS) is 10.7. The summed E-state index contributed by atoms with van der Waals surface area (Å²) >= 11 is 0. The minimum Gasteiger partial charge on any atom is -0.377 e. The molecule has 0 heterocycles. The summed E-state index contributed by atoms with van der Waals surface area (Å²) in [6.45, 7) is 5.34. The van der Waals surface area contributed by atoms with Gasteiger partial charge < -0.3 is 10.1 Å². The van der Waals surface area contributed by atoms with Gasteiger partial charge in [0.1, 0.15) is 5.82 Å². The molecule has 0 atom stereocenters. The van der Waals surface area contributed by atoms with Crippen LogP contribution in [0.5, 0.6) is 0 Å². The standard InChI is InChI=1S/C14H22FNO/c1-2-9-16-10-5-6-11-17-12-13-7-3-4-8-14(13)15/h3-4,7-8,16H,2,5-6,9-12H2,1H3. The third-order valence-corrected chi connectivity index (χ3v) is 2.53. The van der Waals surface area contributed by atoms with Gasteiger partial charge in [0.2, 0.25) is 0 Å². The van der Waals surface area contributed by atoms with Crippen molar-refractivity contribution in [2.24, 2.45) is 0 Å². The van der Waals surface area contributed by atoms with Gasteiger partial charge in [-0.15, -0.1) is 0 Å². The second kappa shape index (κ2) is 9.14. The Morgan fingerprint density at radius 1 is 1.18 bits per heavy atom. The monoisotopic (exact) mass is 239 g/mol. The highest BCUT2D eigenvalue weighted by molar-refractivity contribution is 5.16. The summed E-state index contributed by atoms with van der Waals surface area (Å²) in [6, 6.07) is 6.75. The Morgan fingerprint density at radius 3 is 2.76 bits per heavy atom. The van der Waals surface area contributed by atoms with Gasteiger partial charge in [-0.1, -0.05) is 25.1 Å². The quantitative estimate of drug-likeness (QED) is 0.668. The van der Waals surface area contributed by atoms with Crippen LogP contribution in [0.15, 0.2) is 24.3 Å². The maximum atomic E-state index is 13.2. The van der Waals surface area contributed by atoms with Gasteiger partial charge in [-0.05, 0) is 38.4 Å². The molecule has 17 heavy (non-hydrogen) atoms. The molecule has 0 aliphatic heterocycles. The minimum atomic E-state index is -0.183. The molecule has 0 radical (unpaired) electrons. The zero-order chi connectivity index (χ0) is 12.3. The summed E-state index contributed by atoms with van der Waals surface area (Å²) < 4.78 is 18.7. The van der Waals surface area contributed by atoms with Crippen molar-refractivity contribution in [3.63, 3.8) is 0 Å². The van der Waals surface area contributed by atoms with E-state index < -0.39 is 0 Å². The van der Waals surface area contributed by atoms with Gasteiger partial charge >= 0.3 is 0 Å². The Morgan fingerprint density at radius 2 is 2.00 bits per heavy atom. The van der Waals surface area contributed by atoms with E-state index in [0.717, 1.165) is 25.9 Å². The van der Waals surface area contributed by atoms with Gasteiger partial charge in [0.15, 0.2) is 0 Å². The lowest BCUT2D eigenvalue weighted by atomic mass is 10.2. The van der Waals surface area contributed by atoms with Gasteiger partial charge in [0.05, 0.1) is 6.61 Å². The highest BCUT2D eigenvalue weighted by atomic mass is 19.1. The molecule has 1 N–H and O–H groups in total. The molecule has 2 nitrogen and oxygen atoms in total. The van der Waals surface area contributed by atoms with Crippen molar-refractivity contribution in [3.05, 3.63) is 35.6 Å². The molecule has 1 aromatic carbocycles. The molecule has 0 saturated heterocycles. The summed E-state index contributed by atoms with van der Waals surface area (Å²) in [5.41, 5.74) is 0.636. The third kappa shape index (κ3) is 6.39. The first-order valence-electron chi connectivity index (χ1n) is 6.36. The number of rotatable bonds is 9. The van der Waals surface area contributed by atoms with Crippen molar-refractivity contribution in [3.8, 4) is 0 Å². The molecule has 1 aromatic rings. The maximum absolute atomic E-state index is 13.2. The molecule has 0 aromatic heterocycles. The van der Waals surface area contributed by atoms with Crippen molar-refractivity contribution < 1.29 is 9.13 Å². The molecule has 0 aliphatic rings. The van der Waals surface area contributed by atoms with Crippen LogP contribution in [0.1, 0.15) is 31.7 Å². The molecule has 0 amide bonds. The van der Waals surface area contributed by atoms with Crippen molar-refractivity contribution in [2.45, 2.75) is 32.8 Å². The summed E-state index contributed by atoms with van der Waals surface area (Å²) in [5.74, 6) is -0.183. The molecule has 0 spiro atoms. The third-order valence-electron chi connectivity index (χ3n) is 2.53. The van der Waals surface area contributed by atoms with Crippen molar-refractivity contribution in [2.75, 3.05) is 19.7 Å². The molecule has 3 heteroatoms. The van der Waals surface area contributed by atoms with Crippen molar-refractivity contribution in [1.82, 2.24) is 5.32 Å². The average Bonchev–Trinajstić information content (AvgIpc) is 2.35. The van der Waals surface area contributed by atoms with Crippen LogP contribution in [-0.2, 0) is 11.3 Å².